The lowest BCUT2D eigenvalue weighted by Gasteiger charge is -2.46. The van der Waals surface area contributed by atoms with Crippen LogP contribution in [0, 0.1) is 0 Å². The van der Waals surface area contributed by atoms with E-state index >= 15 is 0 Å². The molecule has 0 unspecified atom stereocenters. The predicted octanol–water partition coefficient (Wildman–Crippen LogP) is 31.8. The van der Waals surface area contributed by atoms with Gasteiger partial charge in [-0.15, -0.1) is 0 Å². The van der Waals surface area contributed by atoms with Crippen molar-refractivity contribution in [2.24, 2.45) is 0 Å². The van der Waals surface area contributed by atoms with Crippen LogP contribution >= 0.6 is 0 Å². The van der Waals surface area contributed by atoms with Gasteiger partial charge in [-0.3, -0.25) is 0 Å². The van der Waals surface area contributed by atoms with Crippen molar-refractivity contribution in [1.82, 2.24) is 4.57 Å². The van der Waals surface area contributed by atoms with E-state index in [-0.39, 0.29) is 83.9 Å². The van der Waals surface area contributed by atoms with Gasteiger partial charge in [0.05, 0.1) is 34.9 Å². The van der Waals surface area contributed by atoms with Crippen LogP contribution in [0.2, 0.25) is 0 Å². The number of hydrogen-bond donors (Lipinski definition) is 0. The first-order valence-corrected chi connectivity index (χ1v) is 44.6. The Balaban J connectivity index is 1.21. The topological polar surface area (TPSA) is 11.4 Å². The second-order valence-electron chi connectivity index (χ2n) is 45.7. The number of rotatable bonds is 9. The lowest BCUT2D eigenvalue weighted by molar-refractivity contribution is 0.569. The van der Waals surface area contributed by atoms with Crippen LogP contribution in [-0.2, 0) is 54.1 Å². The highest BCUT2D eigenvalue weighted by atomic mass is 15.2. The molecule has 0 spiro atoms. The minimum absolute atomic E-state index is 0.130. The van der Waals surface area contributed by atoms with Gasteiger partial charge < -0.3 is 14.4 Å². The van der Waals surface area contributed by atoms with E-state index in [2.05, 4.69) is 440 Å². The van der Waals surface area contributed by atoms with Gasteiger partial charge in [0, 0.05) is 55.8 Å². The molecule has 0 fully saturated rings. The largest absolute Gasteiger partial charge is 0.310 e. The van der Waals surface area contributed by atoms with Gasteiger partial charge in [-0.1, -0.05) is 414 Å². The highest BCUT2D eigenvalue weighted by Crippen LogP contribution is 2.58. The average molecular weight is 1610 g/mol. The molecule has 0 amide bonds. The van der Waals surface area contributed by atoms with Crippen molar-refractivity contribution in [2.75, 3.05) is 9.80 Å². The van der Waals surface area contributed by atoms with Crippen molar-refractivity contribution < 1.29 is 6.85 Å². The summed E-state index contributed by atoms with van der Waals surface area (Å²) >= 11 is 0. The minimum Gasteiger partial charge on any atom is -0.310 e. The van der Waals surface area contributed by atoms with Gasteiger partial charge in [-0.05, 0) is 219 Å². The Hall–Kier alpha value is -10.7. The van der Waals surface area contributed by atoms with E-state index in [0.29, 0.717) is 5.56 Å². The van der Waals surface area contributed by atoms with E-state index in [9.17, 15) is 5.48 Å². The van der Waals surface area contributed by atoms with Gasteiger partial charge >= 0.3 is 0 Å². The monoisotopic (exact) mass is 1610 g/mol. The Bertz CT molecular complexity index is 6580. The maximum Gasteiger partial charge on any atom is 0.252 e. The zero-order chi connectivity index (χ0) is 92.1. The van der Waals surface area contributed by atoms with Gasteiger partial charge in [0.2, 0.25) is 0 Å². The zero-order valence-electron chi connectivity index (χ0n) is 83.8. The fraction of sp³-hybridized carbons (Fsp3) is 0.339. The normalized spacial score (nSPS) is 14.3. The van der Waals surface area contributed by atoms with Gasteiger partial charge in [-0.25, -0.2) is 0 Å². The number of nitrogens with zero attached hydrogens (tertiary/aromatic N) is 3. The summed E-state index contributed by atoms with van der Waals surface area (Å²) in [6.07, 6.45) is 0. The molecule has 1 aromatic heterocycles. The molecule has 14 aromatic rings. The van der Waals surface area contributed by atoms with Crippen molar-refractivity contribution in [2.45, 2.75) is 262 Å². The Labute approximate surface area is 740 Å². The molecule has 2 aliphatic heterocycles. The molecule has 0 saturated heterocycles. The number of benzene rings is 13. The van der Waals surface area contributed by atoms with Crippen molar-refractivity contribution >= 4 is 79.0 Å². The summed E-state index contributed by atoms with van der Waals surface area (Å²) in [4.78, 5) is 5.33. The van der Waals surface area contributed by atoms with Crippen LogP contribution in [0.1, 0.15) is 270 Å². The third kappa shape index (κ3) is 15.3. The summed E-state index contributed by atoms with van der Waals surface area (Å²) in [5.74, 6) is 0. The molecule has 2 aliphatic rings. The van der Waals surface area contributed by atoms with Crippen LogP contribution < -0.4 is 26.2 Å². The first-order chi connectivity index (χ1) is 58.9. The van der Waals surface area contributed by atoms with Gasteiger partial charge in [0.25, 0.3) is 6.71 Å². The number of hydrogen-bond acceptors (Lipinski definition) is 2. The molecule has 3 nitrogen and oxygen atoms in total. The Morgan fingerprint density at radius 1 is 0.246 bits per heavy atom. The van der Waals surface area contributed by atoms with E-state index in [0.717, 1.165) is 117 Å². The van der Waals surface area contributed by atoms with Crippen molar-refractivity contribution in [3.63, 3.8) is 0 Å². The standard InChI is InChI=1S/C118H132BN3/c1-109(2,3)79-54-48-74(49-55-79)86-40-34-42-88(104-92(115(19,20)21)44-36-45-93(104)116(22,23)24)107(86)121-100-66-76(73-38-32-31-33-39-73)52-60-96(100)119-97-61-53-77(78-64-83(113(13,14)15)68-84(65-78)114(16,17)18)67-101(97)122(103-72-85(71-102(121)106(103)119)120-98-62-58-81(111(7,8)9)69-90(98)91-70-82(112(10,11)12)59-63-99(91)120)108-87(75-50-56-80(57-51-75)110(4,5)6)41-35-43-89(108)105-94(117(25,26)27)46-37-47-95(105)118(28,29)30/h31-72H,1-30H3/i31D,32D,33D,38D,39D. The van der Waals surface area contributed by atoms with Crippen molar-refractivity contribution in [3.05, 3.63) is 310 Å². The maximum atomic E-state index is 9.99. The van der Waals surface area contributed by atoms with Gasteiger partial charge in [0.1, 0.15) is 0 Å². The smallest absolute Gasteiger partial charge is 0.252 e. The SMILES string of the molecule is [2H]c1c([2H])c([2H])c(-c2ccc3c(c2)N(c2c(-c4ccc(C(C)(C)C)cc4)cccc2-c2c(C(C)(C)C)cccc2C(C)(C)C)c2cc(-n4c5ccc(C(C)(C)C)cc5c5cc(C(C)(C)C)ccc54)cc4c2B3c2ccc(-c3cc(C(C)(C)C)cc(C(C)(C)C)c3)cc2N4c2c(-c3ccc(C(C)(C)C)cc3)cccc2-c2c(C(C)(C)C)cccc2C(C)(C)C)c([2H])c1[2H]. The lowest BCUT2D eigenvalue weighted by Crippen LogP contribution is -2.61. The summed E-state index contributed by atoms with van der Waals surface area (Å²) in [6.45, 7) is 69.5. The first kappa shape index (κ1) is 78.6. The molecule has 4 heteroatoms. The molecule has 0 bridgehead atoms. The van der Waals surface area contributed by atoms with Crippen molar-refractivity contribution in [3.8, 4) is 72.4 Å². The summed E-state index contributed by atoms with van der Waals surface area (Å²) in [7, 11) is 0. The summed E-state index contributed by atoms with van der Waals surface area (Å²) in [5.41, 5.74) is 33.7. The lowest BCUT2D eigenvalue weighted by atomic mass is 9.33. The van der Waals surface area contributed by atoms with Crippen LogP contribution in [-0.4, -0.2) is 11.3 Å². The van der Waals surface area contributed by atoms with Crippen LogP contribution in [0.25, 0.3) is 94.3 Å². The number of anilines is 6. The van der Waals surface area contributed by atoms with Crippen molar-refractivity contribution in [1.29, 1.82) is 0 Å². The Morgan fingerprint density at radius 2 is 0.566 bits per heavy atom. The first-order valence-electron chi connectivity index (χ1n) is 47.1. The Kier molecular flexibility index (Phi) is 19.0. The quantitative estimate of drug-likeness (QED) is 0.133. The zero-order valence-corrected chi connectivity index (χ0v) is 78.8. The molecule has 622 valence electrons. The summed E-state index contributed by atoms with van der Waals surface area (Å²) in [6, 6.07) is 85.8. The van der Waals surface area contributed by atoms with E-state index in [4.69, 9.17) is 1.37 Å². The van der Waals surface area contributed by atoms with E-state index in [1.54, 1.807) is 0 Å². The maximum absolute atomic E-state index is 9.99. The van der Waals surface area contributed by atoms with Crippen LogP contribution in [0.5, 0.6) is 0 Å². The highest BCUT2D eigenvalue weighted by molar-refractivity contribution is 7.00. The summed E-state index contributed by atoms with van der Waals surface area (Å²) < 4.78 is 50.5. The summed E-state index contributed by atoms with van der Waals surface area (Å²) in [5, 5.41) is 2.34. The van der Waals surface area contributed by atoms with Gasteiger partial charge in [-0.2, -0.15) is 0 Å². The molecule has 122 heavy (non-hydrogen) atoms. The second kappa shape index (κ2) is 29.5. The van der Waals surface area contributed by atoms with Gasteiger partial charge in [0.15, 0.2) is 0 Å². The Morgan fingerprint density at radius 3 is 0.910 bits per heavy atom. The molecule has 0 saturated carbocycles. The molecule has 3 heterocycles. The molecule has 0 radical (unpaired) electrons. The highest BCUT2D eigenvalue weighted by Gasteiger charge is 2.47. The number of para-hydroxylation sites is 2. The molecule has 0 aliphatic carbocycles. The molecule has 0 atom stereocenters. The van der Waals surface area contributed by atoms with Crippen LogP contribution in [0.4, 0.5) is 34.1 Å². The molecule has 13 aromatic carbocycles. The third-order valence-corrected chi connectivity index (χ3v) is 26.1. The minimum atomic E-state index is -0.505. The number of fused-ring (bicyclic) bond motifs is 7. The van der Waals surface area contributed by atoms with Crippen LogP contribution in [0.15, 0.2) is 255 Å². The third-order valence-electron chi connectivity index (χ3n) is 26.1. The second-order valence-corrected chi connectivity index (χ2v) is 45.7. The average Bonchev–Trinajstić information content (AvgIpc) is 1.32. The predicted molar refractivity (Wildman–Crippen MR) is 534 cm³/mol. The fourth-order valence-electron chi connectivity index (χ4n) is 19.1. The fourth-order valence-corrected chi connectivity index (χ4v) is 19.1. The van der Waals surface area contributed by atoms with E-state index in [1.807, 2.05) is 6.07 Å². The molecular weight excluding hydrogens is 1470 g/mol. The van der Waals surface area contributed by atoms with Crippen LogP contribution in [0.3, 0.4) is 0 Å². The molecule has 0 N–H and O–H groups in total. The van der Waals surface area contributed by atoms with E-state index < -0.39 is 12.8 Å². The number of aromatic nitrogens is 1. The van der Waals surface area contributed by atoms with E-state index in [1.165, 1.54) is 72.0 Å². The molecular formula is C118H132BN3. The molecule has 16 rings (SSSR count).